The number of nitrogens with zero attached hydrogens (tertiary/aromatic N) is 1. The van der Waals surface area contributed by atoms with Crippen LogP contribution in [0.3, 0.4) is 0 Å². The topological polar surface area (TPSA) is 24.9 Å². The first-order valence-corrected chi connectivity index (χ1v) is 4.64. The second kappa shape index (κ2) is 5.73. The Morgan fingerprint density at radius 1 is 1.54 bits per heavy atom. The molecule has 0 radical (unpaired) electrons. The molecule has 2 nitrogen and oxygen atoms in total. The van der Waals surface area contributed by atoms with Crippen molar-refractivity contribution in [3.63, 3.8) is 0 Å². The molecule has 0 amide bonds. The minimum absolute atomic E-state index is 0.789. The number of nitrogens with one attached hydrogen (secondary N) is 1. The normalized spacial score (nSPS) is 10.9. The average molecular weight is 197 g/mol. The predicted octanol–water partition coefficient (Wildman–Crippen LogP) is 2.23. The summed E-state index contributed by atoms with van der Waals surface area (Å²) in [5.41, 5.74) is 3.75. The van der Waals surface area contributed by atoms with E-state index in [0.29, 0.717) is 0 Å². The van der Waals surface area contributed by atoms with Gasteiger partial charge in [0.15, 0.2) is 0 Å². The number of halogens is 1. The molecule has 70 valence electrons. The molecular weight excluding hydrogens is 184 g/mol. The lowest BCUT2D eigenvalue weighted by molar-refractivity contribution is 0.756. The molecule has 1 aromatic heterocycles. The zero-order valence-corrected chi connectivity index (χ0v) is 8.38. The first kappa shape index (κ1) is 10.2. The Bertz CT molecular complexity index is 267. The first-order chi connectivity index (χ1) is 6.33. The zero-order chi connectivity index (χ0) is 9.52. The fourth-order valence-corrected chi connectivity index (χ4v) is 1.04. The third kappa shape index (κ3) is 4.06. The van der Waals surface area contributed by atoms with Crippen molar-refractivity contribution < 1.29 is 0 Å². The number of hydrogen-bond donors (Lipinski definition) is 1. The molecule has 1 heterocycles. The van der Waals surface area contributed by atoms with Crippen molar-refractivity contribution in [2.75, 3.05) is 6.54 Å². The lowest BCUT2D eigenvalue weighted by Gasteiger charge is -2.01. The van der Waals surface area contributed by atoms with Crippen LogP contribution in [0.4, 0.5) is 0 Å². The van der Waals surface area contributed by atoms with Crippen LogP contribution in [0.15, 0.2) is 29.9 Å². The molecule has 0 fully saturated rings. The predicted molar refractivity (Wildman–Crippen MR) is 55.7 cm³/mol. The Hall–Kier alpha value is -0.860. The molecule has 13 heavy (non-hydrogen) atoms. The van der Waals surface area contributed by atoms with Gasteiger partial charge in [-0.2, -0.15) is 0 Å². The third-order valence-corrected chi connectivity index (χ3v) is 1.83. The van der Waals surface area contributed by atoms with E-state index in [1.165, 1.54) is 11.1 Å². The van der Waals surface area contributed by atoms with Gasteiger partial charge in [-0.1, -0.05) is 23.7 Å². The van der Waals surface area contributed by atoms with E-state index >= 15 is 0 Å². The highest BCUT2D eigenvalue weighted by atomic mass is 35.5. The summed E-state index contributed by atoms with van der Waals surface area (Å²) in [4.78, 5) is 4.19. The number of hydrogen-bond acceptors (Lipinski definition) is 2. The van der Waals surface area contributed by atoms with Crippen LogP contribution in [0.5, 0.6) is 0 Å². The summed E-state index contributed by atoms with van der Waals surface area (Å²) in [6.45, 7) is 3.60. The second-order valence-electron chi connectivity index (χ2n) is 2.80. The Labute approximate surface area is 83.6 Å². The van der Waals surface area contributed by atoms with Gasteiger partial charge in [0.1, 0.15) is 0 Å². The fraction of sp³-hybridized carbons (Fsp3) is 0.300. The summed E-state index contributed by atoms with van der Waals surface area (Å²) < 4.78 is 0. The highest BCUT2D eigenvalue weighted by Gasteiger charge is 1.90. The summed E-state index contributed by atoms with van der Waals surface area (Å²) >= 11 is 5.37. The molecule has 0 saturated carbocycles. The molecule has 0 aliphatic heterocycles. The molecule has 0 unspecified atom stereocenters. The number of aromatic nitrogens is 1. The average Bonchev–Trinajstić information content (AvgIpc) is 2.15. The molecule has 1 N–H and O–H groups in total. The molecule has 0 aliphatic carbocycles. The maximum Gasteiger partial charge on any atom is 0.0372 e. The molecule has 0 saturated heterocycles. The standard InChI is InChI=1S/C10H13ClN2/c1-9-3-4-10(8-13-9)7-12-6-2-5-11/h2-5,8,12H,6-7H2,1H3/b5-2+. The Balaban J connectivity index is 2.33. The quantitative estimate of drug-likeness (QED) is 0.748. The van der Waals surface area contributed by atoms with E-state index in [9.17, 15) is 0 Å². The molecule has 0 spiro atoms. The van der Waals surface area contributed by atoms with Crippen LogP contribution >= 0.6 is 11.6 Å². The zero-order valence-electron chi connectivity index (χ0n) is 7.63. The van der Waals surface area contributed by atoms with E-state index in [2.05, 4.69) is 16.4 Å². The highest BCUT2D eigenvalue weighted by molar-refractivity contribution is 6.25. The van der Waals surface area contributed by atoms with Crippen LogP contribution in [0.1, 0.15) is 11.3 Å². The smallest absolute Gasteiger partial charge is 0.0372 e. The lowest BCUT2D eigenvalue weighted by atomic mass is 10.2. The van der Waals surface area contributed by atoms with Gasteiger partial charge in [-0.05, 0) is 18.6 Å². The fourth-order valence-electron chi connectivity index (χ4n) is 0.947. The first-order valence-electron chi connectivity index (χ1n) is 4.20. The van der Waals surface area contributed by atoms with E-state index < -0.39 is 0 Å². The summed E-state index contributed by atoms with van der Waals surface area (Å²) in [5, 5.41) is 3.21. The van der Waals surface area contributed by atoms with Crippen molar-refractivity contribution in [1.82, 2.24) is 10.3 Å². The highest BCUT2D eigenvalue weighted by Crippen LogP contribution is 1.98. The Kier molecular flexibility index (Phi) is 4.50. The summed E-state index contributed by atoms with van der Waals surface area (Å²) in [7, 11) is 0. The van der Waals surface area contributed by atoms with Crippen LogP contribution < -0.4 is 5.32 Å². The minimum atomic E-state index is 0.789. The van der Waals surface area contributed by atoms with E-state index in [-0.39, 0.29) is 0 Å². The second-order valence-corrected chi connectivity index (χ2v) is 3.05. The molecule has 3 heteroatoms. The van der Waals surface area contributed by atoms with Gasteiger partial charge in [-0.15, -0.1) is 0 Å². The molecule has 0 bridgehead atoms. The van der Waals surface area contributed by atoms with Gasteiger partial charge in [0.2, 0.25) is 0 Å². The lowest BCUT2D eigenvalue weighted by Crippen LogP contribution is -2.12. The molecule has 1 rings (SSSR count). The Morgan fingerprint density at radius 3 is 3.00 bits per heavy atom. The van der Waals surface area contributed by atoms with E-state index in [0.717, 1.165) is 18.8 Å². The molecule has 0 atom stereocenters. The van der Waals surface area contributed by atoms with Crippen molar-refractivity contribution in [1.29, 1.82) is 0 Å². The van der Waals surface area contributed by atoms with Crippen molar-refractivity contribution in [2.24, 2.45) is 0 Å². The van der Waals surface area contributed by atoms with E-state index in [1.807, 2.05) is 25.3 Å². The maximum atomic E-state index is 5.37. The number of aryl methyl sites for hydroxylation is 1. The van der Waals surface area contributed by atoms with E-state index in [4.69, 9.17) is 11.6 Å². The molecular formula is C10H13ClN2. The van der Waals surface area contributed by atoms with Crippen molar-refractivity contribution >= 4 is 11.6 Å². The van der Waals surface area contributed by atoms with Crippen LogP contribution in [-0.4, -0.2) is 11.5 Å². The third-order valence-electron chi connectivity index (χ3n) is 1.65. The Morgan fingerprint density at radius 2 is 2.38 bits per heavy atom. The molecule has 1 aromatic rings. The molecule has 0 aromatic carbocycles. The van der Waals surface area contributed by atoms with Crippen LogP contribution in [0, 0.1) is 6.92 Å². The summed E-state index contributed by atoms with van der Waals surface area (Å²) in [5.74, 6) is 0. The SMILES string of the molecule is Cc1ccc(CNC/C=C/Cl)cn1. The van der Waals surface area contributed by atoms with Crippen molar-refractivity contribution in [3.8, 4) is 0 Å². The summed E-state index contributed by atoms with van der Waals surface area (Å²) in [6, 6.07) is 4.08. The van der Waals surface area contributed by atoms with Gasteiger partial charge in [0.25, 0.3) is 0 Å². The van der Waals surface area contributed by atoms with Crippen LogP contribution in [0.25, 0.3) is 0 Å². The van der Waals surface area contributed by atoms with Crippen molar-refractivity contribution in [3.05, 3.63) is 41.2 Å². The number of pyridine rings is 1. The van der Waals surface area contributed by atoms with Gasteiger partial charge in [0, 0.05) is 30.5 Å². The largest absolute Gasteiger partial charge is 0.309 e. The van der Waals surface area contributed by atoms with Gasteiger partial charge in [0.05, 0.1) is 0 Å². The van der Waals surface area contributed by atoms with Gasteiger partial charge < -0.3 is 5.32 Å². The number of rotatable bonds is 4. The summed E-state index contributed by atoms with van der Waals surface area (Å²) in [6.07, 6.45) is 3.75. The van der Waals surface area contributed by atoms with Crippen LogP contribution in [-0.2, 0) is 6.54 Å². The maximum absolute atomic E-state index is 5.37. The van der Waals surface area contributed by atoms with Gasteiger partial charge in [-0.25, -0.2) is 0 Å². The van der Waals surface area contributed by atoms with Gasteiger partial charge >= 0.3 is 0 Å². The monoisotopic (exact) mass is 196 g/mol. The minimum Gasteiger partial charge on any atom is -0.309 e. The van der Waals surface area contributed by atoms with Crippen molar-refractivity contribution in [2.45, 2.75) is 13.5 Å². The molecule has 0 aliphatic rings. The van der Waals surface area contributed by atoms with Crippen LogP contribution in [0.2, 0.25) is 0 Å². The van der Waals surface area contributed by atoms with Gasteiger partial charge in [-0.3, -0.25) is 4.98 Å². The van der Waals surface area contributed by atoms with E-state index in [1.54, 1.807) is 0 Å².